The zero-order valence-electron chi connectivity index (χ0n) is 15.3. The minimum Gasteiger partial charge on any atom is -0.481 e. The molecule has 0 aliphatic rings. The number of halogens is 2. The van der Waals surface area contributed by atoms with Gasteiger partial charge in [0.15, 0.2) is 6.61 Å². The van der Waals surface area contributed by atoms with Gasteiger partial charge in [-0.05, 0) is 86.3 Å². The third kappa shape index (κ3) is 5.84. The van der Waals surface area contributed by atoms with Crippen LogP contribution in [0.1, 0.15) is 11.1 Å². The smallest absolute Gasteiger partial charge is 0.262 e. The van der Waals surface area contributed by atoms with Gasteiger partial charge in [-0.25, -0.2) is 0 Å². The van der Waals surface area contributed by atoms with Crippen LogP contribution in [0.4, 0.5) is 11.4 Å². The van der Waals surface area contributed by atoms with E-state index in [1.54, 1.807) is 0 Å². The Labute approximate surface area is 181 Å². The van der Waals surface area contributed by atoms with E-state index in [0.29, 0.717) is 12.3 Å². The number of carbonyl (C=O) groups excluding carboxylic acids is 1. The average molecular weight is 504 g/mol. The Kier molecular flexibility index (Phi) is 7.12. The number of rotatable bonds is 7. The van der Waals surface area contributed by atoms with Crippen molar-refractivity contribution in [2.45, 2.75) is 13.5 Å². The van der Waals surface area contributed by atoms with Crippen LogP contribution in [0.15, 0.2) is 75.7 Å². The second-order valence-electron chi connectivity index (χ2n) is 6.31. The van der Waals surface area contributed by atoms with Gasteiger partial charge in [0.2, 0.25) is 0 Å². The normalized spacial score (nSPS) is 10.4. The fourth-order valence-electron chi connectivity index (χ4n) is 2.67. The fraction of sp³-hybridized carbons (Fsp3) is 0.136. The van der Waals surface area contributed by atoms with Gasteiger partial charge in [-0.3, -0.25) is 4.79 Å². The monoisotopic (exact) mass is 502 g/mol. The molecule has 0 aromatic heterocycles. The maximum absolute atomic E-state index is 12.1. The maximum Gasteiger partial charge on any atom is 0.262 e. The van der Waals surface area contributed by atoms with Crippen molar-refractivity contribution in [3.8, 4) is 5.75 Å². The van der Waals surface area contributed by atoms with Gasteiger partial charge in [0.05, 0.1) is 8.95 Å². The van der Waals surface area contributed by atoms with Gasteiger partial charge in [0, 0.05) is 17.9 Å². The van der Waals surface area contributed by atoms with E-state index in [4.69, 9.17) is 4.74 Å². The van der Waals surface area contributed by atoms with Crippen molar-refractivity contribution >= 4 is 49.1 Å². The molecule has 3 rings (SSSR count). The number of amides is 1. The lowest BCUT2D eigenvalue weighted by Gasteiger charge is -2.13. The molecular formula is C22H20Br2N2O2. The summed E-state index contributed by atoms with van der Waals surface area (Å²) in [5, 5.41) is 6.21. The summed E-state index contributed by atoms with van der Waals surface area (Å²) in [5.74, 6) is 0.387. The molecule has 3 aromatic carbocycles. The molecule has 144 valence electrons. The third-order valence-electron chi connectivity index (χ3n) is 3.98. The molecule has 2 N–H and O–H groups in total. The number of anilines is 2. The Balaban J connectivity index is 1.59. The number of nitrogens with one attached hydrogen (secondary N) is 2. The van der Waals surface area contributed by atoms with E-state index < -0.39 is 0 Å². The van der Waals surface area contributed by atoms with Crippen LogP contribution in [0.2, 0.25) is 0 Å². The lowest BCUT2D eigenvalue weighted by atomic mass is 10.2. The summed E-state index contributed by atoms with van der Waals surface area (Å²) >= 11 is 7.08. The van der Waals surface area contributed by atoms with Crippen molar-refractivity contribution in [1.82, 2.24) is 0 Å². The number of para-hydroxylation sites is 1. The van der Waals surface area contributed by atoms with Crippen LogP contribution in [0, 0.1) is 6.92 Å². The summed E-state index contributed by atoms with van der Waals surface area (Å²) in [6.45, 7) is 2.67. The van der Waals surface area contributed by atoms with Crippen LogP contribution in [-0.2, 0) is 11.3 Å². The molecule has 6 heteroatoms. The second kappa shape index (κ2) is 9.75. The quantitative estimate of drug-likeness (QED) is 0.406. The van der Waals surface area contributed by atoms with Gasteiger partial charge >= 0.3 is 0 Å². The number of hydrogen-bond acceptors (Lipinski definition) is 3. The van der Waals surface area contributed by atoms with Crippen LogP contribution in [0.3, 0.4) is 0 Å². The lowest BCUT2D eigenvalue weighted by molar-refractivity contribution is -0.118. The topological polar surface area (TPSA) is 50.4 Å². The minimum atomic E-state index is -0.213. The molecule has 0 radical (unpaired) electrons. The Hall–Kier alpha value is -2.31. The molecule has 4 nitrogen and oxygen atoms in total. The SMILES string of the molecule is Cc1cccc(NCc2cc(Br)c(OCC(=O)Nc3ccccc3)c(Br)c2)c1. The molecule has 28 heavy (non-hydrogen) atoms. The molecule has 1 amide bonds. The van der Waals surface area contributed by atoms with Crippen LogP contribution in [0.5, 0.6) is 5.75 Å². The van der Waals surface area contributed by atoms with Crippen LogP contribution in [-0.4, -0.2) is 12.5 Å². The first kappa shape index (κ1) is 20.4. The summed E-state index contributed by atoms with van der Waals surface area (Å²) in [5.41, 5.74) is 4.11. The largest absolute Gasteiger partial charge is 0.481 e. The van der Waals surface area contributed by atoms with Gasteiger partial charge in [0.25, 0.3) is 5.91 Å². The Bertz CT molecular complexity index is 939. The first-order valence-electron chi connectivity index (χ1n) is 8.77. The Morgan fingerprint density at radius 1 is 0.929 bits per heavy atom. The van der Waals surface area contributed by atoms with Gasteiger partial charge in [-0.2, -0.15) is 0 Å². The molecule has 0 saturated carbocycles. The summed E-state index contributed by atoms with van der Waals surface area (Å²) in [4.78, 5) is 12.1. The van der Waals surface area contributed by atoms with E-state index in [0.717, 1.165) is 25.9 Å². The van der Waals surface area contributed by atoms with Gasteiger partial charge < -0.3 is 15.4 Å². The van der Waals surface area contributed by atoms with Gasteiger partial charge in [-0.1, -0.05) is 30.3 Å². The minimum absolute atomic E-state index is 0.0764. The molecule has 0 atom stereocenters. The number of benzene rings is 3. The molecule has 0 aliphatic heterocycles. The van der Waals surface area contributed by atoms with E-state index >= 15 is 0 Å². The third-order valence-corrected chi connectivity index (χ3v) is 5.16. The molecular weight excluding hydrogens is 484 g/mol. The first-order chi connectivity index (χ1) is 13.5. The zero-order chi connectivity index (χ0) is 19.9. The predicted molar refractivity (Wildman–Crippen MR) is 121 cm³/mol. The van der Waals surface area contributed by atoms with Crippen molar-refractivity contribution in [1.29, 1.82) is 0 Å². The van der Waals surface area contributed by atoms with Gasteiger partial charge in [0.1, 0.15) is 5.75 Å². The summed E-state index contributed by atoms with van der Waals surface area (Å²) in [7, 11) is 0. The highest BCUT2D eigenvalue weighted by Gasteiger charge is 2.12. The molecule has 0 saturated heterocycles. The standard InChI is InChI=1S/C22H20Br2N2O2/c1-15-6-5-9-18(10-15)25-13-16-11-19(23)22(20(24)12-16)28-14-21(27)26-17-7-3-2-4-8-17/h2-12,25H,13-14H2,1H3,(H,26,27). The van der Waals surface area contributed by atoms with Crippen LogP contribution < -0.4 is 15.4 Å². The molecule has 3 aromatic rings. The highest BCUT2D eigenvalue weighted by Crippen LogP contribution is 2.35. The first-order valence-corrected chi connectivity index (χ1v) is 10.4. The van der Waals surface area contributed by atoms with E-state index in [-0.39, 0.29) is 12.5 Å². The van der Waals surface area contributed by atoms with Crippen molar-refractivity contribution in [3.63, 3.8) is 0 Å². The zero-order valence-corrected chi connectivity index (χ0v) is 18.5. The molecule has 0 aliphatic carbocycles. The molecule has 0 fully saturated rings. The lowest BCUT2D eigenvalue weighted by Crippen LogP contribution is -2.20. The average Bonchev–Trinajstić information content (AvgIpc) is 2.66. The van der Waals surface area contributed by atoms with Crippen LogP contribution >= 0.6 is 31.9 Å². The fourth-order valence-corrected chi connectivity index (χ4v) is 4.18. The summed E-state index contributed by atoms with van der Waals surface area (Å²) < 4.78 is 7.28. The second-order valence-corrected chi connectivity index (χ2v) is 8.02. The number of carbonyl (C=O) groups is 1. The molecule has 0 bridgehead atoms. The molecule has 0 spiro atoms. The van der Waals surface area contributed by atoms with E-state index in [9.17, 15) is 4.79 Å². The molecule has 0 heterocycles. The summed E-state index contributed by atoms with van der Waals surface area (Å²) in [6.07, 6.45) is 0. The number of ether oxygens (including phenoxy) is 1. The maximum atomic E-state index is 12.1. The highest BCUT2D eigenvalue weighted by atomic mass is 79.9. The van der Waals surface area contributed by atoms with Crippen molar-refractivity contribution in [2.24, 2.45) is 0 Å². The Morgan fingerprint density at radius 2 is 1.61 bits per heavy atom. The Morgan fingerprint density at radius 3 is 2.29 bits per heavy atom. The summed E-state index contributed by atoms with van der Waals surface area (Å²) in [6, 6.07) is 21.5. The van der Waals surface area contributed by atoms with E-state index in [2.05, 4.69) is 61.5 Å². The van der Waals surface area contributed by atoms with Crippen LogP contribution in [0.25, 0.3) is 0 Å². The van der Waals surface area contributed by atoms with Crippen molar-refractivity contribution in [3.05, 3.63) is 86.8 Å². The number of hydrogen-bond donors (Lipinski definition) is 2. The predicted octanol–water partition coefficient (Wildman–Crippen LogP) is 6.15. The highest BCUT2D eigenvalue weighted by molar-refractivity contribution is 9.11. The van der Waals surface area contributed by atoms with E-state index in [1.165, 1.54) is 5.56 Å². The molecule has 0 unspecified atom stereocenters. The van der Waals surface area contributed by atoms with Gasteiger partial charge in [-0.15, -0.1) is 0 Å². The van der Waals surface area contributed by atoms with Crippen molar-refractivity contribution in [2.75, 3.05) is 17.2 Å². The number of aryl methyl sites for hydroxylation is 1. The van der Waals surface area contributed by atoms with Crippen molar-refractivity contribution < 1.29 is 9.53 Å². The van der Waals surface area contributed by atoms with E-state index in [1.807, 2.05) is 54.6 Å².